The number of nitrogens with one attached hydrogen (secondary N) is 2. The van der Waals surface area contributed by atoms with Gasteiger partial charge in [-0.2, -0.15) is 0 Å². The Morgan fingerprint density at radius 2 is 1.29 bits per heavy atom. The predicted octanol–water partition coefficient (Wildman–Crippen LogP) is 4.14. The van der Waals surface area contributed by atoms with Crippen molar-refractivity contribution in [1.82, 2.24) is 5.32 Å². The number of likely N-dealkylation sites (N-methyl/N-ethyl adjacent to an activating group) is 1. The van der Waals surface area contributed by atoms with Crippen LogP contribution in [0.2, 0.25) is 0 Å². The fourth-order valence-electron chi connectivity index (χ4n) is 3.18. The molecule has 0 spiro atoms. The fourth-order valence-corrected chi connectivity index (χ4v) is 3.18. The molecular formula is C24H24N2O2. The monoisotopic (exact) mass is 372 g/mol. The lowest BCUT2D eigenvalue weighted by Crippen LogP contribution is -2.20. The summed E-state index contributed by atoms with van der Waals surface area (Å²) in [5.74, 6) is -0.0861. The molecule has 0 aliphatic heterocycles. The van der Waals surface area contributed by atoms with Crippen LogP contribution in [-0.2, 0) is 16.0 Å². The molecule has 0 unspecified atom stereocenters. The van der Waals surface area contributed by atoms with Gasteiger partial charge in [-0.3, -0.25) is 9.59 Å². The van der Waals surface area contributed by atoms with Gasteiger partial charge in [-0.15, -0.1) is 0 Å². The molecule has 3 rings (SSSR count). The fraction of sp³-hybridized carbons (Fsp3) is 0.167. The summed E-state index contributed by atoms with van der Waals surface area (Å²) in [6, 6.07) is 27.5. The lowest BCUT2D eigenvalue weighted by Gasteiger charge is -2.18. The number of hydrogen-bond donors (Lipinski definition) is 2. The third-order valence-electron chi connectivity index (χ3n) is 4.67. The van der Waals surface area contributed by atoms with E-state index in [9.17, 15) is 9.59 Å². The zero-order chi connectivity index (χ0) is 19.8. The molecule has 0 radical (unpaired) electrons. The van der Waals surface area contributed by atoms with E-state index in [2.05, 4.69) is 34.9 Å². The first-order chi connectivity index (χ1) is 13.7. The van der Waals surface area contributed by atoms with Crippen molar-refractivity contribution in [2.45, 2.75) is 18.8 Å². The first-order valence-corrected chi connectivity index (χ1v) is 9.35. The third kappa shape index (κ3) is 5.30. The van der Waals surface area contributed by atoms with Crippen LogP contribution in [0.15, 0.2) is 84.9 Å². The van der Waals surface area contributed by atoms with Crippen molar-refractivity contribution >= 4 is 17.5 Å². The largest absolute Gasteiger partial charge is 0.359 e. The lowest BCUT2D eigenvalue weighted by molar-refractivity contribution is -0.120. The number of carbonyl (C=O) groups excluding carboxylic acids is 2. The molecule has 0 aromatic heterocycles. The van der Waals surface area contributed by atoms with Crippen LogP contribution >= 0.6 is 0 Å². The Labute approximate surface area is 165 Å². The number of rotatable bonds is 7. The van der Waals surface area contributed by atoms with Crippen molar-refractivity contribution in [3.8, 4) is 0 Å². The lowest BCUT2D eigenvalue weighted by atomic mass is 9.88. The van der Waals surface area contributed by atoms with Crippen LogP contribution < -0.4 is 10.6 Å². The van der Waals surface area contributed by atoms with Crippen LogP contribution in [0, 0.1) is 0 Å². The van der Waals surface area contributed by atoms with Crippen molar-refractivity contribution in [2.75, 3.05) is 12.4 Å². The van der Waals surface area contributed by atoms with Gasteiger partial charge in [0.2, 0.25) is 11.8 Å². The van der Waals surface area contributed by atoms with Crippen LogP contribution in [-0.4, -0.2) is 18.9 Å². The van der Waals surface area contributed by atoms with Gasteiger partial charge in [0.25, 0.3) is 0 Å². The molecule has 2 N–H and O–H groups in total. The van der Waals surface area contributed by atoms with Gasteiger partial charge in [0.1, 0.15) is 0 Å². The van der Waals surface area contributed by atoms with Crippen molar-refractivity contribution < 1.29 is 9.59 Å². The SMILES string of the molecule is CNC(=O)Cc1ccc(NC(=O)CC(c2ccccc2)c2ccccc2)cc1. The zero-order valence-corrected chi connectivity index (χ0v) is 15.9. The number of anilines is 1. The van der Waals surface area contributed by atoms with Gasteiger partial charge in [-0.25, -0.2) is 0 Å². The van der Waals surface area contributed by atoms with Gasteiger partial charge in [0.15, 0.2) is 0 Å². The van der Waals surface area contributed by atoms with Crippen molar-refractivity contribution in [3.63, 3.8) is 0 Å². The highest BCUT2D eigenvalue weighted by atomic mass is 16.2. The molecule has 0 saturated heterocycles. The number of benzene rings is 3. The van der Waals surface area contributed by atoms with E-state index < -0.39 is 0 Å². The first kappa shape index (κ1) is 19.4. The summed E-state index contributed by atoms with van der Waals surface area (Å²) in [5.41, 5.74) is 3.86. The maximum atomic E-state index is 12.7. The van der Waals surface area contributed by atoms with Gasteiger partial charge >= 0.3 is 0 Å². The molecule has 3 aromatic carbocycles. The molecule has 142 valence electrons. The maximum Gasteiger partial charge on any atom is 0.225 e. The minimum atomic E-state index is -0.0447. The van der Waals surface area contributed by atoms with Crippen LogP contribution in [0.3, 0.4) is 0 Å². The van der Waals surface area contributed by atoms with Crippen LogP contribution in [0.4, 0.5) is 5.69 Å². The average molecular weight is 372 g/mol. The Morgan fingerprint density at radius 3 is 1.79 bits per heavy atom. The second-order valence-electron chi connectivity index (χ2n) is 6.67. The second-order valence-corrected chi connectivity index (χ2v) is 6.67. The van der Waals surface area contributed by atoms with E-state index in [0.29, 0.717) is 12.8 Å². The normalized spacial score (nSPS) is 10.5. The van der Waals surface area contributed by atoms with Gasteiger partial charge < -0.3 is 10.6 Å². The highest BCUT2D eigenvalue weighted by Crippen LogP contribution is 2.28. The number of hydrogen-bond acceptors (Lipinski definition) is 2. The molecule has 0 aliphatic rings. The molecule has 4 heteroatoms. The van der Waals surface area contributed by atoms with Crippen molar-refractivity contribution in [2.24, 2.45) is 0 Å². The number of amides is 2. The van der Waals surface area contributed by atoms with Gasteiger partial charge in [0.05, 0.1) is 6.42 Å². The summed E-state index contributed by atoms with van der Waals surface area (Å²) in [7, 11) is 1.62. The molecule has 0 bridgehead atoms. The summed E-state index contributed by atoms with van der Waals surface area (Å²) < 4.78 is 0. The van der Waals surface area contributed by atoms with E-state index in [4.69, 9.17) is 0 Å². The molecule has 28 heavy (non-hydrogen) atoms. The van der Waals surface area contributed by atoms with E-state index in [-0.39, 0.29) is 17.7 Å². The van der Waals surface area contributed by atoms with Crippen molar-refractivity contribution in [3.05, 3.63) is 102 Å². The van der Waals surface area contributed by atoms with E-state index in [1.54, 1.807) is 7.05 Å². The molecule has 0 fully saturated rings. The summed E-state index contributed by atoms with van der Waals surface area (Å²) in [6.07, 6.45) is 0.683. The summed E-state index contributed by atoms with van der Waals surface area (Å²) >= 11 is 0. The Balaban J connectivity index is 1.70. The minimum Gasteiger partial charge on any atom is -0.359 e. The third-order valence-corrected chi connectivity index (χ3v) is 4.67. The zero-order valence-electron chi connectivity index (χ0n) is 15.9. The topological polar surface area (TPSA) is 58.2 Å². The molecule has 0 saturated carbocycles. The van der Waals surface area contributed by atoms with Crippen molar-refractivity contribution in [1.29, 1.82) is 0 Å². The molecule has 0 heterocycles. The van der Waals surface area contributed by atoms with Crippen LogP contribution in [0.5, 0.6) is 0 Å². The smallest absolute Gasteiger partial charge is 0.225 e. The second kappa shape index (κ2) is 9.51. The Kier molecular flexibility index (Phi) is 6.58. The van der Waals surface area contributed by atoms with E-state index in [1.165, 1.54) is 0 Å². The number of carbonyl (C=O) groups is 2. The minimum absolute atomic E-state index is 0.00470. The molecule has 3 aromatic rings. The van der Waals surface area contributed by atoms with E-state index in [0.717, 1.165) is 22.4 Å². The Hall–Kier alpha value is -3.40. The molecule has 0 aliphatic carbocycles. The van der Waals surface area contributed by atoms with Gasteiger partial charge in [-0.1, -0.05) is 72.8 Å². The highest BCUT2D eigenvalue weighted by molar-refractivity contribution is 5.91. The van der Waals surface area contributed by atoms with E-state index in [1.807, 2.05) is 60.7 Å². The standard InChI is InChI=1S/C24H24N2O2/c1-25-23(27)16-18-12-14-21(15-13-18)26-24(28)17-22(19-8-4-2-5-9-19)20-10-6-3-7-11-20/h2-15,22H,16-17H2,1H3,(H,25,27)(H,26,28). The highest BCUT2D eigenvalue weighted by Gasteiger charge is 2.18. The quantitative estimate of drug-likeness (QED) is 0.655. The van der Waals surface area contributed by atoms with Crippen LogP contribution in [0.25, 0.3) is 0 Å². The Bertz CT molecular complexity index is 867. The summed E-state index contributed by atoms with van der Waals surface area (Å²) in [6.45, 7) is 0. The van der Waals surface area contributed by atoms with Crippen LogP contribution in [0.1, 0.15) is 29.0 Å². The summed E-state index contributed by atoms with van der Waals surface area (Å²) in [4.78, 5) is 24.2. The molecule has 0 atom stereocenters. The maximum absolute atomic E-state index is 12.7. The Morgan fingerprint density at radius 1 is 0.750 bits per heavy atom. The van der Waals surface area contributed by atoms with Gasteiger partial charge in [0, 0.05) is 25.1 Å². The van der Waals surface area contributed by atoms with Gasteiger partial charge in [-0.05, 0) is 28.8 Å². The molecular weight excluding hydrogens is 348 g/mol. The molecule has 4 nitrogen and oxygen atoms in total. The van der Waals surface area contributed by atoms with E-state index >= 15 is 0 Å². The summed E-state index contributed by atoms with van der Waals surface area (Å²) in [5, 5.41) is 5.57. The predicted molar refractivity (Wildman–Crippen MR) is 112 cm³/mol. The molecule has 2 amide bonds. The first-order valence-electron chi connectivity index (χ1n) is 9.35. The average Bonchev–Trinajstić information content (AvgIpc) is 2.74.